The lowest BCUT2D eigenvalue weighted by atomic mass is 10.1. The molecule has 9 nitrogen and oxygen atoms in total. The van der Waals surface area contributed by atoms with E-state index < -0.39 is 0 Å². The van der Waals surface area contributed by atoms with Gasteiger partial charge in [-0.2, -0.15) is 5.10 Å². The van der Waals surface area contributed by atoms with Crippen LogP contribution in [0.15, 0.2) is 41.1 Å². The molecule has 1 aromatic carbocycles. The molecule has 3 aromatic heterocycles. The minimum atomic E-state index is -0.382. The molecule has 1 aliphatic heterocycles. The summed E-state index contributed by atoms with van der Waals surface area (Å²) in [4.78, 5) is 23.9. The van der Waals surface area contributed by atoms with Crippen molar-refractivity contribution in [3.63, 3.8) is 0 Å². The van der Waals surface area contributed by atoms with Crippen molar-refractivity contribution in [2.75, 3.05) is 23.3 Å². The van der Waals surface area contributed by atoms with E-state index in [4.69, 9.17) is 4.42 Å². The van der Waals surface area contributed by atoms with Crippen molar-refractivity contribution in [1.29, 1.82) is 0 Å². The predicted molar refractivity (Wildman–Crippen MR) is 121 cm³/mol. The monoisotopic (exact) mass is 432 g/mol. The molecule has 1 atom stereocenters. The number of rotatable bonds is 4. The van der Waals surface area contributed by atoms with Gasteiger partial charge in [-0.05, 0) is 44.5 Å². The number of aliphatic hydroxyl groups excluding tert-OH is 1. The molecule has 0 unspecified atom stereocenters. The fraction of sp³-hybridized carbons (Fsp3) is 0.304. The van der Waals surface area contributed by atoms with E-state index >= 15 is 0 Å². The number of β-amino-alcohol motifs (C(OH)–C–C–N with tert-alkyl or cyclic N) is 1. The molecule has 0 spiro atoms. The van der Waals surface area contributed by atoms with E-state index in [0.717, 1.165) is 27.8 Å². The zero-order valence-electron chi connectivity index (χ0n) is 18.2. The zero-order chi connectivity index (χ0) is 22.4. The van der Waals surface area contributed by atoms with Gasteiger partial charge in [0.1, 0.15) is 5.76 Å². The van der Waals surface area contributed by atoms with Crippen molar-refractivity contribution in [2.45, 2.75) is 26.4 Å². The standard InChI is InChI=1S/C23H24N6O3/c1-13-8-15(4-6-24-13)23-27-21(14(2)32-23)22(31)26-18-10-19-16(11-25-28(19)3)9-20(18)29-7-5-17(30)12-29/h4,6,8-11,17,30H,5,7,12H2,1-3H3,(H,26,31)/t17-/m0/s1. The second-order valence-electron chi connectivity index (χ2n) is 8.15. The van der Waals surface area contributed by atoms with E-state index in [1.165, 1.54) is 0 Å². The maximum absolute atomic E-state index is 13.2. The van der Waals surface area contributed by atoms with Gasteiger partial charge in [-0.15, -0.1) is 0 Å². The summed E-state index contributed by atoms with van der Waals surface area (Å²) >= 11 is 0. The highest BCUT2D eigenvalue weighted by molar-refractivity contribution is 6.07. The van der Waals surface area contributed by atoms with Crippen molar-refractivity contribution in [1.82, 2.24) is 19.7 Å². The number of aromatic nitrogens is 4. The van der Waals surface area contributed by atoms with E-state index in [-0.39, 0.29) is 17.7 Å². The van der Waals surface area contributed by atoms with Gasteiger partial charge in [0.25, 0.3) is 5.91 Å². The maximum atomic E-state index is 13.2. The van der Waals surface area contributed by atoms with Crippen LogP contribution in [0.2, 0.25) is 0 Å². The topological polar surface area (TPSA) is 109 Å². The first kappa shape index (κ1) is 20.2. The summed E-state index contributed by atoms with van der Waals surface area (Å²) in [6.45, 7) is 4.84. The predicted octanol–water partition coefficient (Wildman–Crippen LogP) is 3.06. The first-order valence-electron chi connectivity index (χ1n) is 10.5. The van der Waals surface area contributed by atoms with Gasteiger partial charge >= 0.3 is 0 Å². The molecular formula is C23H24N6O3. The quantitative estimate of drug-likeness (QED) is 0.510. The van der Waals surface area contributed by atoms with Crippen LogP contribution in [-0.4, -0.2) is 50.0 Å². The highest BCUT2D eigenvalue weighted by Gasteiger charge is 2.25. The number of anilines is 2. The average molecular weight is 432 g/mol. The Balaban J connectivity index is 1.50. The number of nitrogens with zero attached hydrogens (tertiary/aromatic N) is 5. The lowest BCUT2D eigenvalue weighted by molar-refractivity contribution is 0.102. The smallest absolute Gasteiger partial charge is 0.277 e. The lowest BCUT2D eigenvalue weighted by Crippen LogP contribution is -2.23. The number of nitrogens with one attached hydrogen (secondary N) is 1. The van der Waals surface area contributed by atoms with Crippen molar-refractivity contribution in [3.05, 3.63) is 53.8 Å². The first-order chi connectivity index (χ1) is 15.4. The summed E-state index contributed by atoms with van der Waals surface area (Å²) in [5, 5.41) is 18.3. The number of fused-ring (bicyclic) bond motifs is 1. The number of hydrogen-bond donors (Lipinski definition) is 2. The Morgan fingerprint density at radius 3 is 2.88 bits per heavy atom. The number of benzene rings is 1. The summed E-state index contributed by atoms with van der Waals surface area (Å²) in [5.41, 5.74) is 4.22. The Morgan fingerprint density at radius 2 is 2.12 bits per heavy atom. The van der Waals surface area contributed by atoms with Crippen LogP contribution >= 0.6 is 0 Å². The van der Waals surface area contributed by atoms with E-state index in [1.54, 1.807) is 30.1 Å². The van der Waals surface area contributed by atoms with Crippen LogP contribution in [0.25, 0.3) is 22.4 Å². The Kier molecular flexibility index (Phi) is 4.90. The van der Waals surface area contributed by atoms with Crippen molar-refractivity contribution in [2.24, 2.45) is 7.05 Å². The lowest BCUT2D eigenvalue weighted by Gasteiger charge is -2.22. The van der Waals surface area contributed by atoms with Crippen LogP contribution in [0.1, 0.15) is 28.4 Å². The number of oxazole rings is 1. The first-order valence-corrected chi connectivity index (χ1v) is 10.5. The van der Waals surface area contributed by atoms with Crippen molar-refractivity contribution in [3.8, 4) is 11.5 Å². The molecule has 1 fully saturated rings. The van der Waals surface area contributed by atoms with Gasteiger partial charge in [0.15, 0.2) is 5.69 Å². The third-order valence-electron chi connectivity index (χ3n) is 5.77. The minimum absolute atomic E-state index is 0.229. The van der Waals surface area contributed by atoms with Crippen molar-refractivity contribution >= 4 is 28.2 Å². The number of amides is 1. The largest absolute Gasteiger partial charge is 0.441 e. The molecule has 1 amide bonds. The summed E-state index contributed by atoms with van der Waals surface area (Å²) in [5.74, 6) is 0.459. The van der Waals surface area contributed by atoms with Gasteiger partial charge < -0.3 is 19.7 Å². The van der Waals surface area contributed by atoms with Gasteiger partial charge in [-0.3, -0.25) is 14.5 Å². The number of carbonyl (C=O) groups is 1. The fourth-order valence-corrected chi connectivity index (χ4v) is 4.10. The molecule has 0 bridgehead atoms. The number of carbonyl (C=O) groups excluding carboxylic acids is 1. The minimum Gasteiger partial charge on any atom is -0.441 e. The van der Waals surface area contributed by atoms with Crippen LogP contribution in [0.5, 0.6) is 0 Å². The van der Waals surface area contributed by atoms with E-state index in [1.807, 2.05) is 32.2 Å². The fourth-order valence-electron chi connectivity index (χ4n) is 4.10. The zero-order valence-corrected chi connectivity index (χ0v) is 18.2. The molecule has 2 N–H and O–H groups in total. The van der Waals surface area contributed by atoms with E-state index in [0.29, 0.717) is 36.8 Å². The van der Waals surface area contributed by atoms with Crippen LogP contribution in [0.3, 0.4) is 0 Å². The third kappa shape index (κ3) is 3.60. The third-order valence-corrected chi connectivity index (χ3v) is 5.77. The second-order valence-corrected chi connectivity index (χ2v) is 8.15. The second kappa shape index (κ2) is 7.76. The normalized spacial score (nSPS) is 16.1. The van der Waals surface area contributed by atoms with Gasteiger partial charge in [-0.25, -0.2) is 4.98 Å². The van der Waals surface area contributed by atoms with E-state index in [9.17, 15) is 9.90 Å². The molecule has 32 heavy (non-hydrogen) atoms. The molecule has 164 valence electrons. The van der Waals surface area contributed by atoms with Crippen LogP contribution in [0, 0.1) is 13.8 Å². The van der Waals surface area contributed by atoms with Crippen LogP contribution in [0.4, 0.5) is 11.4 Å². The summed E-state index contributed by atoms with van der Waals surface area (Å²) in [7, 11) is 1.86. The number of aliphatic hydroxyl groups is 1. The van der Waals surface area contributed by atoms with Gasteiger partial charge in [0.05, 0.1) is 29.2 Å². The highest BCUT2D eigenvalue weighted by Crippen LogP contribution is 2.34. The maximum Gasteiger partial charge on any atom is 0.277 e. The molecule has 1 saturated heterocycles. The highest BCUT2D eigenvalue weighted by atomic mass is 16.4. The Labute approximate surface area is 184 Å². The Morgan fingerprint density at radius 1 is 1.28 bits per heavy atom. The molecule has 0 aliphatic carbocycles. The summed E-state index contributed by atoms with van der Waals surface area (Å²) in [6.07, 6.45) is 3.79. The van der Waals surface area contributed by atoms with Crippen LogP contribution in [-0.2, 0) is 7.05 Å². The average Bonchev–Trinajstić information content (AvgIpc) is 3.46. The van der Waals surface area contributed by atoms with Gasteiger partial charge in [0.2, 0.25) is 5.89 Å². The molecule has 5 rings (SSSR count). The summed E-state index contributed by atoms with van der Waals surface area (Å²) in [6, 6.07) is 7.56. The SMILES string of the molecule is Cc1cc(-c2nc(C(=O)Nc3cc4c(cnn4C)cc3N3CC[C@H](O)C3)c(C)o2)ccn1. The number of pyridine rings is 1. The van der Waals surface area contributed by atoms with Crippen molar-refractivity contribution < 1.29 is 14.3 Å². The van der Waals surface area contributed by atoms with Crippen LogP contribution < -0.4 is 10.2 Å². The molecule has 4 heterocycles. The van der Waals surface area contributed by atoms with Gasteiger partial charge in [-0.1, -0.05) is 0 Å². The Bertz CT molecular complexity index is 1320. The molecule has 4 aromatic rings. The molecule has 9 heteroatoms. The van der Waals surface area contributed by atoms with E-state index in [2.05, 4.69) is 25.3 Å². The Hall–Kier alpha value is -3.72. The molecule has 0 radical (unpaired) electrons. The number of hydrogen-bond acceptors (Lipinski definition) is 7. The molecular weight excluding hydrogens is 408 g/mol. The molecule has 0 saturated carbocycles. The number of aryl methyl sites for hydroxylation is 3. The molecule has 1 aliphatic rings. The summed E-state index contributed by atoms with van der Waals surface area (Å²) < 4.78 is 7.54. The van der Waals surface area contributed by atoms with Gasteiger partial charge in [0, 0.05) is 43.0 Å².